The SMILES string of the molecule is CCCCCCCCCCCCCCCCCCCCCCCC(=O)O[C@H](COC(=O)CCCCCCCCCCCCCCC)COP(=O)(O)OC[C@@H](O)COP(=O)(O)OC[C@@H](COC(=O)CCCCCCCCCCCC)OC(=O)CCCCCCCCCCCCCCC. The Bertz CT molecular complexity index is 1840. The molecule has 3 N–H and O–H groups in total. The molecule has 0 heterocycles. The number of unbranched alkanes of at least 4 members (excludes halogenated alkanes) is 53. The summed E-state index contributed by atoms with van der Waals surface area (Å²) < 4.78 is 68.6. The third-order valence-electron chi connectivity index (χ3n) is 18.4. The summed E-state index contributed by atoms with van der Waals surface area (Å²) in [6.07, 6.45) is 63.8. The maximum Gasteiger partial charge on any atom is 0.472 e. The van der Waals surface area contributed by atoms with Crippen LogP contribution in [0.15, 0.2) is 0 Å². The van der Waals surface area contributed by atoms with Crippen LogP contribution in [0.5, 0.6) is 0 Å². The molecule has 2 unspecified atom stereocenters. The summed E-state index contributed by atoms with van der Waals surface area (Å²) in [4.78, 5) is 72.8. The van der Waals surface area contributed by atoms with Gasteiger partial charge in [0.25, 0.3) is 0 Å². The second-order valence-electron chi connectivity index (χ2n) is 28.1. The molecule has 0 aromatic heterocycles. The van der Waals surface area contributed by atoms with Crippen LogP contribution in [0, 0.1) is 0 Å². The number of aliphatic hydroxyl groups is 1. The minimum atomic E-state index is -4.96. The van der Waals surface area contributed by atoms with E-state index in [0.29, 0.717) is 25.7 Å². The van der Waals surface area contributed by atoms with Crippen LogP contribution in [0.2, 0.25) is 0 Å². The van der Waals surface area contributed by atoms with Crippen molar-refractivity contribution >= 4 is 39.5 Å². The fraction of sp³-hybridized carbons (Fsp3) is 0.949. The monoisotopic (exact) mass is 1420 g/mol. The lowest BCUT2D eigenvalue weighted by atomic mass is 10.0. The number of hydrogen-bond donors (Lipinski definition) is 3. The van der Waals surface area contributed by atoms with Crippen LogP contribution in [0.3, 0.4) is 0 Å². The Labute approximate surface area is 594 Å². The molecule has 0 bridgehead atoms. The number of aliphatic hydroxyl groups excluding tert-OH is 1. The maximum absolute atomic E-state index is 13.1. The van der Waals surface area contributed by atoms with Crippen molar-refractivity contribution < 1.29 is 80.2 Å². The molecular formula is C78H152O17P2. The van der Waals surface area contributed by atoms with Gasteiger partial charge < -0.3 is 33.8 Å². The number of esters is 4. The maximum atomic E-state index is 13.1. The van der Waals surface area contributed by atoms with Gasteiger partial charge in [-0.1, -0.05) is 368 Å². The van der Waals surface area contributed by atoms with Gasteiger partial charge in [-0.15, -0.1) is 0 Å². The van der Waals surface area contributed by atoms with Crippen molar-refractivity contribution in [1.82, 2.24) is 0 Å². The molecule has 0 aliphatic heterocycles. The first kappa shape index (κ1) is 95.1. The number of rotatable bonds is 79. The molecule has 0 aliphatic carbocycles. The number of phosphoric ester groups is 2. The molecule has 0 aromatic rings. The fourth-order valence-electron chi connectivity index (χ4n) is 12.1. The Morgan fingerprint density at radius 3 is 0.608 bits per heavy atom. The third kappa shape index (κ3) is 72.2. The Morgan fingerprint density at radius 2 is 0.412 bits per heavy atom. The summed E-state index contributed by atoms with van der Waals surface area (Å²) in [6.45, 7) is 5.00. The standard InChI is InChI=1S/C78H152O17P2/c1-5-9-13-17-21-25-29-32-33-34-35-36-37-38-39-42-45-49-53-57-61-65-78(83)95-74(69-89-76(81)63-59-55-51-47-43-40-30-26-22-18-14-10-6-2)71-93-97(86,87)91-67-72(79)66-90-96(84,85)92-70-73(68-88-75(80)62-58-54-50-46-28-24-20-16-12-8-4)94-77(82)64-60-56-52-48-44-41-31-27-23-19-15-11-7-3/h72-74,79H,5-71H2,1-4H3,(H,84,85)(H,86,87)/t72-,73+,74+/m0/s1. The minimum Gasteiger partial charge on any atom is -0.462 e. The van der Waals surface area contributed by atoms with Crippen molar-refractivity contribution in [2.45, 2.75) is 438 Å². The van der Waals surface area contributed by atoms with Crippen molar-refractivity contribution in [3.05, 3.63) is 0 Å². The molecule has 19 heteroatoms. The summed E-state index contributed by atoms with van der Waals surface area (Å²) in [5, 5.41) is 10.6. The van der Waals surface area contributed by atoms with E-state index in [1.165, 1.54) is 250 Å². The van der Waals surface area contributed by atoms with Crippen LogP contribution in [0.4, 0.5) is 0 Å². The van der Waals surface area contributed by atoms with Gasteiger partial charge in [0, 0.05) is 25.7 Å². The average Bonchev–Trinajstić information content (AvgIpc) is 1.52. The van der Waals surface area contributed by atoms with Gasteiger partial charge in [-0.3, -0.25) is 37.3 Å². The second-order valence-corrected chi connectivity index (χ2v) is 31.0. The smallest absolute Gasteiger partial charge is 0.462 e. The minimum absolute atomic E-state index is 0.108. The van der Waals surface area contributed by atoms with E-state index < -0.39 is 97.5 Å². The molecular weight excluding hydrogens is 1270 g/mol. The van der Waals surface area contributed by atoms with E-state index in [1.54, 1.807) is 0 Å². The first-order valence-electron chi connectivity index (χ1n) is 40.8. The van der Waals surface area contributed by atoms with Crippen LogP contribution >= 0.6 is 15.6 Å². The average molecular weight is 1420 g/mol. The molecule has 576 valence electrons. The van der Waals surface area contributed by atoms with E-state index in [1.807, 2.05) is 0 Å². The summed E-state index contributed by atoms with van der Waals surface area (Å²) in [7, 11) is -9.91. The molecule has 0 aromatic carbocycles. The predicted molar refractivity (Wildman–Crippen MR) is 395 cm³/mol. The number of phosphoric acid groups is 2. The Hall–Kier alpha value is -1.94. The number of hydrogen-bond acceptors (Lipinski definition) is 15. The van der Waals surface area contributed by atoms with E-state index in [4.69, 9.17) is 37.0 Å². The molecule has 17 nitrogen and oxygen atoms in total. The molecule has 0 aliphatic rings. The highest BCUT2D eigenvalue weighted by molar-refractivity contribution is 7.47. The highest BCUT2D eigenvalue weighted by Crippen LogP contribution is 2.45. The van der Waals surface area contributed by atoms with Crippen LogP contribution in [0.25, 0.3) is 0 Å². The van der Waals surface area contributed by atoms with Crippen LogP contribution in [-0.4, -0.2) is 96.7 Å². The van der Waals surface area contributed by atoms with Gasteiger partial charge >= 0.3 is 39.5 Å². The topological polar surface area (TPSA) is 237 Å². The van der Waals surface area contributed by atoms with E-state index in [0.717, 1.165) is 89.9 Å². The number of ether oxygens (including phenoxy) is 4. The summed E-state index contributed by atoms with van der Waals surface area (Å²) in [5.74, 6) is -2.11. The first-order chi connectivity index (χ1) is 47.2. The predicted octanol–water partition coefficient (Wildman–Crippen LogP) is 23.4. The number of carbonyl (C=O) groups is 4. The summed E-state index contributed by atoms with van der Waals surface area (Å²) in [5.41, 5.74) is 0. The van der Waals surface area contributed by atoms with Crippen molar-refractivity contribution in [3.63, 3.8) is 0 Å². The highest BCUT2D eigenvalue weighted by Gasteiger charge is 2.30. The summed E-state index contributed by atoms with van der Waals surface area (Å²) >= 11 is 0. The van der Waals surface area contributed by atoms with Crippen LogP contribution in [-0.2, 0) is 65.4 Å². The zero-order valence-electron chi connectivity index (χ0n) is 63.1. The van der Waals surface area contributed by atoms with Crippen molar-refractivity contribution in [2.24, 2.45) is 0 Å². The zero-order valence-corrected chi connectivity index (χ0v) is 64.8. The van der Waals surface area contributed by atoms with Gasteiger partial charge in [0.2, 0.25) is 0 Å². The van der Waals surface area contributed by atoms with E-state index >= 15 is 0 Å². The van der Waals surface area contributed by atoms with Crippen molar-refractivity contribution in [2.75, 3.05) is 39.6 Å². The molecule has 0 radical (unpaired) electrons. The third-order valence-corrected chi connectivity index (χ3v) is 20.3. The van der Waals surface area contributed by atoms with E-state index in [9.17, 15) is 43.2 Å². The molecule has 0 fully saturated rings. The summed E-state index contributed by atoms with van der Waals surface area (Å²) in [6, 6.07) is 0. The quantitative estimate of drug-likeness (QED) is 0.0222. The lowest BCUT2D eigenvalue weighted by Gasteiger charge is -2.21. The van der Waals surface area contributed by atoms with E-state index in [2.05, 4.69) is 27.7 Å². The molecule has 0 amide bonds. The first-order valence-corrected chi connectivity index (χ1v) is 43.8. The molecule has 0 saturated carbocycles. The van der Waals surface area contributed by atoms with Crippen molar-refractivity contribution in [1.29, 1.82) is 0 Å². The fourth-order valence-corrected chi connectivity index (χ4v) is 13.7. The molecule has 0 spiro atoms. The lowest BCUT2D eigenvalue weighted by Crippen LogP contribution is -2.30. The van der Waals surface area contributed by atoms with Crippen LogP contribution < -0.4 is 0 Å². The Kier molecular flexibility index (Phi) is 71.0. The van der Waals surface area contributed by atoms with Gasteiger partial charge in [-0.2, -0.15) is 0 Å². The zero-order chi connectivity index (χ0) is 71.1. The van der Waals surface area contributed by atoms with Gasteiger partial charge in [0.15, 0.2) is 12.2 Å². The van der Waals surface area contributed by atoms with Gasteiger partial charge in [-0.25, -0.2) is 9.13 Å². The highest BCUT2D eigenvalue weighted by atomic mass is 31.2. The Morgan fingerprint density at radius 1 is 0.247 bits per heavy atom. The molecule has 97 heavy (non-hydrogen) atoms. The molecule has 5 atom stereocenters. The Balaban J connectivity index is 5.19. The van der Waals surface area contributed by atoms with Gasteiger partial charge in [0.05, 0.1) is 26.4 Å². The van der Waals surface area contributed by atoms with E-state index in [-0.39, 0.29) is 25.7 Å². The lowest BCUT2D eigenvalue weighted by molar-refractivity contribution is -0.161. The van der Waals surface area contributed by atoms with Gasteiger partial charge in [-0.05, 0) is 25.7 Å². The molecule has 0 saturated heterocycles. The normalized spacial score (nSPS) is 13.8. The molecule has 0 rings (SSSR count). The largest absolute Gasteiger partial charge is 0.472 e. The second kappa shape index (κ2) is 72.4. The number of carbonyl (C=O) groups excluding carboxylic acids is 4. The van der Waals surface area contributed by atoms with Gasteiger partial charge in [0.1, 0.15) is 19.3 Å². The van der Waals surface area contributed by atoms with Crippen LogP contribution in [0.1, 0.15) is 419 Å². The van der Waals surface area contributed by atoms with Crippen molar-refractivity contribution in [3.8, 4) is 0 Å².